The first kappa shape index (κ1) is 29.9. The van der Waals surface area contributed by atoms with Crippen molar-refractivity contribution in [1.82, 2.24) is 4.98 Å². The van der Waals surface area contributed by atoms with Crippen molar-refractivity contribution in [2.45, 2.75) is 95.9 Å². The molecule has 0 spiro atoms. The highest BCUT2D eigenvalue weighted by atomic mass is 35.5. The Labute approximate surface area is 227 Å². The molecule has 7 atom stereocenters. The maximum Gasteiger partial charge on any atom is 0.309 e. The number of fused-ring (bicyclic) bond motifs is 1. The van der Waals surface area contributed by atoms with Gasteiger partial charge < -0.3 is 24.4 Å². The van der Waals surface area contributed by atoms with Gasteiger partial charge in [0.1, 0.15) is 18.0 Å². The van der Waals surface area contributed by atoms with Gasteiger partial charge >= 0.3 is 5.97 Å². The molecule has 0 unspecified atom stereocenters. The minimum atomic E-state index is -1.33. The number of rotatable bonds is 4. The number of allylic oxidation sites excluding steroid dienone is 1. The largest absolute Gasteiger partial charge is 0.458 e. The number of halogens is 1. The lowest BCUT2D eigenvalue weighted by atomic mass is 9.72. The first-order valence-electron chi connectivity index (χ1n) is 12.6. The standard InChI is InChI=1S/C27H38ClNO7S/c1-7-8-19-24(32)16(3)34-10-9-27(28)22(36-27)12-20(15(2)11-18-14-37-17(4)29-18)35-23(31)13-21(30)26(5,6)25(19)33/h7,11,14,16,19-22,24,30,32H,1,8-10,12-13H2,2-6H3/t16-,19+,20-,21-,22+,24+,27-/m0/s1. The van der Waals surface area contributed by atoms with E-state index >= 15 is 0 Å². The van der Waals surface area contributed by atoms with Crippen molar-refractivity contribution in [3.05, 3.63) is 34.3 Å². The molecule has 2 saturated heterocycles. The van der Waals surface area contributed by atoms with Crippen LogP contribution in [-0.2, 0) is 23.8 Å². The van der Waals surface area contributed by atoms with Crippen LogP contribution in [0, 0.1) is 18.3 Å². The van der Waals surface area contributed by atoms with Crippen LogP contribution in [0.5, 0.6) is 0 Å². The van der Waals surface area contributed by atoms with E-state index in [1.807, 2.05) is 25.3 Å². The summed E-state index contributed by atoms with van der Waals surface area (Å²) in [6.45, 7) is 12.5. The molecule has 3 rings (SSSR count). The summed E-state index contributed by atoms with van der Waals surface area (Å²) in [4.78, 5) is 30.9. The molecule has 0 saturated carbocycles. The molecule has 2 fully saturated rings. The van der Waals surface area contributed by atoms with Gasteiger partial charge in [-0.3, -0.25) is 9.59 Å². The van der Waals surface area contributed by atoms with Crippen LogP contribution < -0.4 is 0 Å². The average Bonchev–Trinajstić information content (AvgIpc) is 3.27. The molecule has 8 nitrogen and oxygen atoms in total. The number of carbonyl (C=O) groups excluding carboxylic acids is 2. The predicted octanol–water partition coefficient (Wildman–Crippen LogP) is 4.20. The molecule has 0 amide bonds. The minimum absolute atomic E-state index is 0.196. The lowest BCUT2D eigenvalue weighted by Crippen LogP contribution is -2.48. The van der Waals surface area contributed by atoms with Crippen molar-refractivity contribution in [2.24, 2.45) is 11.3 Å². The Balaban J connectivity index is 1.88. The summed E-state index contributed by atoms with van der Waals surface area (Å²) in [5, 5.41) is 23.8. The summed E-state index contributed by atoms with van der Waals surface area (Å²) < 4.78 is 17.4. The third-order valence-electron chi connectivity index (χ3n) is 7.29. The molecule has 3 heterocycles. The van der Waals surface area contributed by atoms with Crippen LogP contribution in [0.1, 0.15) is 64.1 Å². The summed E-state index contributed by atoms with van der Waals surface area (Å²) in [5.74, 6) is -1.89. The fourth-order valence-corrected chi connectivity index (χ4v) is 5.44. The lowest BCUT2D eigenvalue weighted by molar-refractivity contribution is -0.155. The van der Waals surface area contributed by atoms with Crippen molar-refractivity contribution >= 4 is 40.8 Å². The molecule has 0 aliphatic carbocycles. The third kappa shape index (κ3) is 7.28. The summed E-state index contributed by atoms with van der Waals surface area (Å²) in [6, 6.07) is 0. The van der Waals surface area contributed by atoms with E-state index in [0.717, 1.165) is 16.3 Å². The number of alkyl halides is 1. The summed E-state index contributed by atoms with van der Waals surface area (Å²) >= 11 is 8.17. The van der Waals surface area contributed by atoms with E-state index in [1.165, 1.54) is 11.3 Å². The quantitative estimate of drug-likeness (QED) is 0.246. The molecule has 2 N–H and O–H groups in total. The van der Waals surface area contributed by atoms with Gasteiger partial charge in [-0.25, -0.2) is 4.98 Å². The molecule has 206 valence electrons. The average molecular weight is 556 g/mol. The Hall–Kier alpha value is -1.62. The number of carbonyl (C=O) groups is 2. The van der Waals surface area contributed by atoms with Crippen molar-refractivity contribution in [3.8, 4) is 0 Å². The normalized spacial score (nSPS) is 35.9. The van der Waals surface area contributed by atoms with E-state index in [2.05, 4.69) is 11.6 Å². The Morgan fingerprint density at radius 3 is 2.68 bits per heavy atom. The van der Waals surface area contributed by atoms with Crippen LogP contribution >= 0.6 is 22.9 Å². The van der Waals surface area contributed by atoms with Gasteiger partial charge in [-0.05, 0) is 38.8 Å². The van der Waals surface area contributed by atoms with Crippen LogP contribution in [0.3, 0.4) is 0 Å². The number of esters is 1. The Kier molecular flexibility index (Phi) is 9.75. The number of Topliss-reactive ketones (excluding diaryl/α,β-unsaturated/α-hetero) is 1. The van der Waals surface area contributed by atoms with Crippen molar-refractivity contribution in [2.75, 3.05) is 6.61 Å². The number of aromatic nitrogens is 1. The van der Waals surface area contributed by atoms with Gasteiger partial charge in [0.05, 0.1) is 53.4 Å². The predicted molar refractivity (Wildman–Crippen MR) is 142 cm³/mol. The molecule has 10 heteroatoms. The second-order valence-corrected chi connectivity index (χ2v) is 12.2. The zero-order chi connectivity index (χ0) is 27.5. The van der Waals surface area contributed by atoms with Crippen LogP contribution in [0.15, 0.2) is 23.6 Å². The van der Waals surface area contributed by atoms with Crippen molar-refractivity contribution in [1.29, 1.82) is 0 Å². The first-order valence-corrected chi connectivity index (χ1v) is 13.8. The third-order valence-corrected chi connectivity index (χ3v) is 8.60. The molecule has 0 radical (unpaired) electrons. The van der Waals surface area contributed by atoms with Crippen LogP contribution in [0.2, 0.25) is 0 Å². The summed E-state index contributed by atoms with van der Waals surface area (Å²) in [7, 11) is 0. The van der Waals surface area contributed by atoms with E-state index in [-0.39, 0.29) is 24.9 Å². The number of ketones is 1. The Bertz CT molecular complexity index is 1020. The number of hydrogen-bond acceptors (Lipinski definition) is 9. The number of aliphatic hydroxyl groups excluding tert-OH is 2. The van der Waals surface area contributed by atoms with E-state index in [4.69, 9.17) is 25.8 Å². The maximum absolute atomic E-state index is 13.5. The molecule has 1 aromatic heterocycles. The molecule has 0 bridgehead atoms. The second kappa shape index (κ2) is 12.1. The zero-order valence-electron chi connectivity index (χ0n) is 22.1. The monoisotopic (exact) mass is 555 g/mol. The summed E-state index contributed by atoms with van der Waals surface area (Å²) in [6.07, 6.45) is -0.279. The first-order chi connectivity index (χ1) is 17.3. The number of nitrogens with zero attached hydrogens (tertiary/aromatic N) is 1. The minimum Gasteiger partial charge on any atom is -0.458 e. The smallest absolute Gasteiger partial charge is 0.309 e. The van der Waals surface area contributed by atoms with Gasteiger partial charge in [0.15, 0.2) is 5.06 Å². The summed E-state index contributed by atoms with van der Waals surface area (Å²) in [5.41, 5.74) is 0.199. The fraction of sp³-hybridized carbons (Fsp3) is 0.667. The van der Waals surface area contributed by atoms with E-state index in [0.29, 0.717) is 12.8 Å². The number of aliphatic hydroxyl groups is 2. The molecular weight excluding hydrogens is 518 g/mol. The van der Waals surface area contributed by atoms with Gasteiger partial charge in [-0.15, -0.1) is 17.9 Å². The molecule has 37 heavy (non-hydrogen) atoms. The van der Waals surface area contributed by atoms with Crippen LogP contribution in [0.25, 0.3) is 6.08 Å². The van der Waals surface area contributed by atoms with Crippen molar-refractivity contribution in [3.63, 3.8) is 0 Å². The second-order valence-electron chi connectivity index (χ2n) is 10.5. The fourth-order valence-electron chi connectivity index (χ4n) is 4.59. The van der Waals surface area contributed by atoms with Crippen molar-refractivity contribution < 1.29 is 34.0 Å². The number of aryl methyl sites for hydroxylation is 1. The van der Waals surface area contributed by atoms with Gasteiger partial charge in [0.2, 0.25) is 0 Å². The Morgan fingerprint density at radius 2 is 2.05 bits per heavy atom. The molecule has 1 aromatic rings. The molecule has 0 aromatic carbocycles. The number of thiazole rings is 1. The number of hydrogen-bond donors (Lipinski definition) is 2. The van der Waals surface area contributed by atoms with E-state index in [1.54, 1.807) is 26.8 Å². The highest BCUT2D eigenvalue weighted by Crippen LogP contribution is 2.47. The number of epoxide rings is 1. The van der Waals surface area contributed by atoms with Crippen LogP contribution in [0.4, 0.5) is 0 Å². The highest BCUT2D eigenvalue weighted by Gasteiger charge is 2.56. The van der Waals surface area contributed by atoms with E-state index in [9.17, 15) is 19.8 Å². The maximum atomic E-state index is 13.5. The topological polar surface area (TPSA) is 118 Å². The Morgan fingerprint density at radius 1 is 1.35 bits per heavy atom. The number of cyclic esters (lactones) is 1. The van der Waals surface area contributed by atoms with Crippen LogP contribution in [-0.4, -0.2) is 69.1 Å². The number of ether oxygens (including phenoxy) is 3. The van der Waals surface area contributed by atoms with Gasteiger partial charge in [-0.2, -0.15) is 0 Å². The lowest BCUT2D eigenvalue weighted by Gasteiger charge is -2.35. The van der Waals surface area contributed by atoms with Gasteiger partial charge in [0, 0.05) is 18.2 Å². The van der Waals surface area contributed by atoms with Gasteiger partial charge in [0.25, 0.3) is 0 Å². The van der Waals surface area contributed by atoms with E-state index < -0.39 is 53.2 Å². The van der Waals surface area contributed by atoms with Gasteiger partial charge in [-0.1, -0.05) is 31.5 Å². The highest BCUT2D eigenvalue weighted by molar-refractivity contribution is 7.09. The SMILES string of the molecule is C=CC[C@H]1C(=O)C(C)(C)[C@@H](O)CC(=O)O[C@H](C(C)=Cc2csc(C)n2)C[C@H]2O[C@@]2(Cl)CCO[C@@H](C)[C@H]1O. The molecule has 2 aliphatic heterocycles. The molecular formula is C27H38ClNO7S. The molecule has 2 aliphatic rings. The zero-order valence-corrected chi connectivity index (χ0v) is 23.7.